The van der Waals surface area contributed by atoms with Gasteiger partial charge in [0, 0.05) is 17.5 Å². The van der Waals surface area contributed by atoms with E-state index in [4.69, 9.17) is 14.7 Å². The lowest BCUT2D eigenvalue weighted by Crippen LogP contribution is -2.32. The first-order valence-corrected chi connectivity index (χ1v) is 14.6. The molecule has 0 bridgehead atoms. The minimum atomic E-state index is -0.356. The van der Waals surface area contributed by atoms with E-state index in [2.05, 4.69) is 51.5 Å². The summed E-state index contributed by atoms with van der Waals surface area (Å²) in [5.74, 6) is 0.315. The second-order valence-corrected chi connectivity index (χ2v) is 10.9. The zero-order valence-electron chi connectivity index (χ0n) is 23.9. The minimum absolute atomic E-state index is 0.195. The third kappa shape index (κ3) is 5.10. The van der Waals surface area contributed by atoms with Gasteiger partial charge in [-0.15, -0.1) is 0 Å². The quantitative estimate of drug-likeness (QED) is 0.171. The van der Waals surface area contributed by atoms with Crippen molar-refractivity contribution < 1.29 is 9.53 Å². The molecule has 6 rings (SSSR count). The molecule has 1 fully saturated rings. The van der Waals surface area contributed by atoms with E-state index in [0.717, 1.165) is 59.2 Å². The summed E-state index contributed by atoms with van der Waals surface area (Å²) in [7, 11) is 0. The van der Waals surface area contributed by atoms with Crippen molar-refractivity contribution in [1.29, 1.82) is 0 Å². The molecule has 210 valence electrons. The molecule has 3 heterocycles. The summed E-state index contributed by atoms with van der Waals surface area (Å²) in [5.41, 5.74) is 5.35. The van der Waals surface area contributed by atoms with Gasteiger partial charge in [0.15, 0.2) is 17.0 Å². The highest BCUT2D eigenvalue weighted by Gasteiger charge is 2.28. The molecule has 8 heteroatoms. The van der Waals surface area contributed by atoms with Crippen LogP contribution in [0.5, 0.6) is 0 Å². The molecule has 0 amide bonds. The summed E-state index contributed by atoms with van der Waals surface area (Å²) in [6.45, 7) is 6.35. The first kappa shape index (κ1) is 26.7. The summed E-state index contributed by atoms with van der Waals surface area (Å²) in [4.78, 5) is 27.9. The first-order valence-electron chi connectivity index (χ1n) is 14.6. The highest BCUT2D eigenvalue weighted by atomic mass is 16.5. The number of aromatic nitrogens is 5. The van der Waals surface area contributed by atoms with E-state index in [9.17, 15) is 4.79 Å². The van der Waals surface area contributed by atoms with Crippen LogP contribution < -0.4 is 5.32 Å². The van der Waals surface area contributed by atoms with E-state index in [-0.39, 0.29) is 24.7 Å². The Morgan fingerprint density at radius 1 is 1.00 bits per heavy atom. The number of para-hydroxylation sites is 1. The average molecular weight is 549 g/mol. The van der Waals surface area contributed by atoms with E-state index >= 15 is 0 Å². The molecule has 8 nitrogen and oxygen atoms in total. The van der Waals surface area contributed by atoms with Crippen molar-refractivity contribution in [3.05, 3.63) is 84.6 Å². The minimum Gasteiger partial charge on any atom is -0.462 e. The van der Waals surface area contributed by atoms with Crippen molar-refractivity contribution in [1.82, 2.24) is 29.4 Å². The molecule has 0 radical (unpaired) electrons. The van der Waals surface area contributed by atoms with Gasteiger partial charge in [-0.3, -0.25) is 4.57 Å². The highest BCUT2D eigenvalue weighted by Crippen LogP contribution is 2.35. The summed E-state index contributed by atoms with van der Waals surface area (Å²) >= 11 is 0. The van der Waals surface area contributed by atoms with Gasteiger partial charge in [0.2, 0.25) is 0 Å². The number of nitrogens with one attached hydrogen (secondary N) is 1. The fraction of sp³-hybridized carbons (Fsp3) is 0.333. The maximum Gasteiger partial charge on any atom is 0.340 e. The van der Waals surface area contributed by atoms with Crippen LogP contribution in [-0.4, -0.2) is 42.7 Å². The standard InChI is InChI=1S/C33H36N6O2/c1-4-41-33(40)28(23-13-7-5-8-14-23)29(37-25-16-9-6-10-17-25)27-19-24-15-11-12-18-26(24)39(27)32-30-31(34-20-35-32)38(21-36-30)22(2)3/h5,7-8,11-15,18-22,25,37H,4,6,9-10,16-17H2,1-3H3/b29-28-. The predicted molar refractivity (Wildman–Crippen MR) is 162 cm³/mol. The average Bonchev–Trinajstić information content (AvgIpc) is 3.60. The van der Waals surface area contributed by atoms with Crippen molar-refractivity contribution in [3.63, 3.8) is 0 Å². The molecule has 0 saturated heterocycles. The number of carbonyl (C=O) groups is 1. The molecule has 0 spiro atoms. The van der Waals surface area contributed by atoms with E-state index < -0.39 is 0 Å². The Hall–Kier alpha value is -4.46. The predicted octanol–water partition coefficient (Wildman–Crippen LogP) is 6.70. The molecule has 3 aromatic heterocycles. The monoisotopic (exact) mass is 548 g/mol. The normalized spacial score (nSPS) is 14.9. The number of benzene rings is 2. The Morgan fingerprint density at radius 2 is 1.76 bits per heavy atom. The zero-order chi connectivity index (χ0) is 28.3. The Bertz CT molecular complexity index is 1710. The highest BCUT2D eigenvalue weighted by molar-refractivity contribution is 6.24. The maximum absolute atomic E-state index is 13.8. The molecule has 1 aliphatic rings. The van der Waals surface area contributed by atoms with Crippen molar-refractivity contribution in [2.75, 3.05) is 6.61 Å². The van der Waals surface area contributed by atoms with Crippen LogP contribution in [0.3, 0.4) is 0 Å². The van der Waals surface area contributed by atoms with Crippen LogP contribution in [0.2, 0.25) is 0 Å². The number of rotatable bonds is 8. The molecule has 0 atom stereocenters. The molecule has 0 aliphatic heterocycles. The maximum atomic E-state index is 13.8. The van der Waals surface area contributed by atoms with E-state index in [1.165, 1.54) is 6.42 Å². The molecule has 1 N–H and O–H groups in total. The van der Waals surface area contributed by atoms with Crippen molar-refractivity contribution in [2.45, 2.75) is 65.0 Å². The van der Waals surface area contributed by atoms with Crippen molar-refractivity contribution in [3.8, 4) is 5.82 Å². The number of hydrogen-bond acceptors (Lipinski definition) is 6. The van der Waals surface area contributed by atoms with Gasteiger partial charge in [-0.2, -0.15) is 0 Å². The second kappa shape index (κ2) is 11.6. The van der Waals surface area contributed by atoms with E-state index in [1.54, 1.807) is 6.33 Å². The van der Waals surface area contributed by atoms with Gasteiger partial charge in [0.05, 0.1) is 35.4 Å². The number of ether oxygens (including phenoxy) is 1. The smallest absolute Gasteiger partial charge is 0.340 e. The lowest BCUT2D eigenvalue weighted by molar-refractivity contribution is -0.136. The third-order valence-electron chi connectivity index (χ3n) is 7.82. The van der Waals surface area contributed by atoms with Crippen LogP contribution in [0.15, 0.2) is 73.3 Å². The number of esters is 1. The number of nitrogens with zero attached hydrogens (tertiary/aromatic N) is 5. The van der Waals surface area contributed by atoms with Gasteiger partial charge in [-0.1, -0.05) is 67.8 Å². The molecule has 2 aromatic carbocycles. The molecule has 5 aromatic rings. The fourth-order valence-corrected chi connectivity index (χ4v) is 5.85. The number of hydrogen-bond donors (Lipinski definition) is 1. The topological polar surface area (TPSA) is 86.9 Å². The Balaban J connectivity index is 1.68. The number of imidazole rings is 1. The molecular weight excluding hydrogens is 512 g/mol. The lowest BCUT2D eigenvalue weighted by Gasteiger charge is -2.27. The Kier molecular flexibility index (Phi) is 7.55. The lowest BCUT2D eigenvalue weighted by atomic mass is 9.94. The van der Waals surface area contributed by atoms with Crippen LogP contribution in [0.25, 0.3) is 39.2 Å². The van der Waals surface area contributed by atoms with Gasteiger partial charge < -0.3 is 14.6 Å². The van der Waals surface area contributed by atoms with E-state index in [1.807, 2.05) is 55.7 Å². The van der Waals surface area contributed by atoms with Crippen LogP contribution in [0, 0.1) is 0 Å². The van der Waals surface area contributed by atoms with Gasteiger partial charge >= 0.3 is 5.97 Å². The molecule has 41 heavy (non-hydrogen) atoms. The molecule has 0 unspecified atom stereocenters. The largest absolute Gasteiger partial charge is 0.462 e. The number of fused-ring (bicyclic) bond motifs is 2. The first-order chi connectivity index (χ1) is 20.1. The Morgan fingerprint density at radius 3 is 2.51 bits per heavy atom. The van der Waals surface area contributed by atoms with Gasteiger partial charge in [-0.25, -0.2) is 19.7 Å². The van der Waals surface area contributed by atoms with Gasteiger partial charge in [0.1, 0.15) is 6.33 Å². The molecular formula is C33H36N6O2. The second-order valence-electron chi connectivity index (χ2n) is 10.9. The van der Waals surface area contributed by atoms with Crippen LogP contribution in [0.4, 0.5) is 0 Å². The van der Waals surface area contributed by atoms with Crippen LogP contribution in [0.1, 0.15) is 70.2 Å². The van der Waals surface area contributed by atoms with Crippen LogP contribution in [-0.2, 0) is 9.53 Å². The summed E-state index contributed by atoms with van der Waals surface area (Å²) in [5, 5.41) is 4.88. The number of carbonyl (C=O) groups excluding carboxylic acids is 1. The van der Waals surface area contributed by atoms with Crippen LogP contribution >= 0.6 is 0 Å². The van der Waals surface area contributed by atoms with Gasteiger partial charge in [-0.05, 0) is 51.3 Å². The third-order valence-corrected chi connectivity index (χ3v) is 7.82. The van der Waals surface area contributed by atoms with E-state index in [0.29, 0.717) is 16.9 Å². The SMILES string of the molecule is CCOC(=O)/C(=C(\NC1CCCCC1)c1cc2ccccc2n1-c1ncnc2c1ncn2C(C)C)c1ccccc1. The van der Waals surface area contributed by atoms with Crippen molar-refractivity contribution in [2.24, 2.45) is 0 Å². The van der Waals surface area contributed by atoms with Gasteiger partial charge in [0.25, 0.3) is 0 Å². The van der Waals surface area contributed by atoms with Crippen molar-refractivity contribution >= 4 is 39.3 Å². The summed E-state index contributed by atoms with van der Waals surface area (Å²) in [6.07, 6.45) is 9.07. The molecule has 1 aliphatic carbocycles. The zero-order valence-corrected chi connectivity index (χ0v) is 23.9. The fourth-order valence-electron chi connectivity index (χ4n) is 5.85. The summed E-state index contributed by atoms with van der Waals surface area (Å²) in [6, 6.07) is 20.6. The Labute approximate surface area is 240 Å². The molecule has 1 saturated carbocycles. The summed E-state index contributed by atoms with van der Waals surface area (Å²) < 4.78 is 9.85.